The molecule has 1 aromatic heterocycles. The van der Waals surface area contributed by atoms with Gasteiger partial charge in [0.25, 0.3) is 0 Å². The minimum atomic E-state index is -0.579. The van der Waals surface area contributed by atoms with Crippen LogP contribution in [-0.2, 0) is 18.3 Å². The topological polar surface area (TPSA) is 182 Å². The van der Waals surface area contributed by atoms with Crippen LogP contribution < -0.4 is 5.32 Å². The van der Waals surface area contributed by atoms with Gasteiger partial charge in [0.1, 0.15) is 5.75 Å². The summed E-state index contributed by atoms with van der Waals surface area (Å²) in [6.45, 7) is 0.0284. The minimum absolute atomic E-state index is 0.00669. The van der Waals surface area contributed by atoms with E-state index in [9.17, 15) is 35.7 Å². The Balaban J connectivity index is 0.955. The van der Waals surface area contributed by atoms with Crippen LogP contribution in [0.25, 0.3) is 22.9 Å². The highest BCUT2D eigenvalue weighted by Gasteiger charge is 2.75. The lowest BCUT2D eigenvalue weighted by molar-refractivity contribution is -0.161. The van der Waals surface area contributed by atoms with E-state index in [1.165, 1.54) is 36.6 Å². The number of aromatic amines is 1. The highest BCUT2D eigenvalue weighted by atomic mass is 16.3. The molecule has 0 saturated heterocycles. The molecule has 5 aromatic rings. The molecule has 2 heterocycles. The Morgan fingerprint density at radius 3 is 2.41 bits per heavy atom. The second-order valence-electron chi connectivity index (χ2n) is 19.6. The third-order valence-electron chi connectivity index (χ3n) is 17.0. The van der Waals surface area contributed by atoms with Gasteiger partial charge in [0.15, 0.2) is 23.0 Å². The number of hydrogen-bond acceptors (Lipinski definition) is 9. The van der Waals surface area contributed by atoms with Gasteiger partial charge < -0.3 is 40.7 Å². The molecule has 64 heavy (non-hydrogen) atoms. The number of allylic oxidation sites excluding steroid dienone is 2. The van der Waals surface area contributed by atoms with E-state index in [1.54, 1.807) is 30.4 Å². The molecule has 4 aromatic carbocycles. The molecule has 10 heteroatoms. The van der Waals surface area contributed by atoms with Crippen molar-refractivity contribution >= 4 is 22.9 Å². The first kappa shape index (κ1) is 40.9. The number of phenolic OH excluding ortho intramolecular Hbond substituents is 5. The zero-order valence-electron chi connectivity index (χ0n) is 35.9. The van der Waals surface area contributed by atoms with Crippen LogP contribution in [0.2, 0.25) is 0 Å². The number of rotatable bonds is 9. The number of aromatic hydroxyl groups is 5. The summed E-state index contributed by atoms with van der Waals surface area (Å²) in [6.07, 6.45) is 26.8. The zero-order valence-corrected chi connectivity index (χ0v) is 35.9. The van der Waals surface area contributed by atoms with E-state index in [1.807, 2.05) is 6.33 Å². The number of phenols is 5. The molecule has 0 bridgehead atoms. The van der Waals surface area contributed by atoms with E-state index in [2.05, 4.69) is 65.1 Å². The second kappa shape index (κ2) is 15.4. The van der Waals surface area contributed by atoms with Crippen molar-refractivity contribution in [3.63, 3.8) is 0 Å². The molecule has 9 atom stereocenters. The van der Waals surface area contributed by atoms with Gasteiger partial charge in [-0.2, -0.15) is 0 Å². The Morgan fingerprint density at radius 2 is 1.61 bits per heavy atom. The summed E-state index contributed by atoms with van der Waals surface area (Å²) in [6, 6.07) is 17.7. The Labute approximate surface area is 373 Å². The fourth-order valence-corrected chi connectivity index (χ4v) is 14.5. The Morgan fingerprint density at radius 1 is 0.781 bits per heavy atom. The first-order chi connectivity index (χ1) is 31.1. The molecule has 6 aliphatic rings. The number of aliphatic hydroxyl groups excluding tert-OH is 2. The van der Waals surface area contributed by atoms with E-state index < -0.39 is 11.5 Å². The maximum atomic E-state index is 12.5. The van der Waals surface area contributed by atoms with Crippen LogP contribution in [0.4, 0.5) is 0 Å². The van der Waals surface area contributed by atoms with E-state index in [0.29, 0.717) is 53.2 Å². The smallest absolute Gasteiger partial charge is 0.169 e. The molecule has 0 amide bonds. The van der Waals surface area contributed by atoms with Gasteiger partial charge in [-0.05, 0) is 137 Å². The molecule has 2 spiro atoms. The van der Waals surface area contributed by atoms with Crippen molar-refractivity contribution in [1.82, 2.24) is 15.3 Å². The van der Waals surface area contributed by atoms with Crippen LogP contribution >= 0.6 is 0 Å². The van der Waals surface area contributed by atoms with Crippen molar-refractivity contribution < 1.29 is 35.7 Å². The van der Waals surface area contributed by atoms with Crippen LogP contribution in [-0.4, -0.2) is 64.5 Å². The zero-order chi connectivity index (χ0) is 44.0. The number of aryl methyl sites for hydroxylation is 1. The second-order valence-corrected chi connectivity index (χ2v) is 19.6. The van der Waals surface area contributed by atoms with E-state index in [4.69, 9.17) is 4.98 Å². The summed E-state index contributed by atoms with van der Waals surface area (Å²) in [5.41, 5.74) is 6.90. The highest BCUT2D eigenvalue weighted by Crippen LogP contribution is 2.76. The normalized spacial score (nSPS) is 31.5. The number of benzene rings is 4. The van der Waals surface area contributed by atoms with Crippen LogP contribution in [0.5, 0.6) is 28.7 Å². The number of H-pyrrole nitrogens is 1. The maximum Gasteiger partial charge on any atom is 0.169 e. The van der Waals surface area contributed by atoms with Gasteiger partial charge in [0, 0.05) is 41.4 Å². The summed E-state index contributed by atoms with van der Waals surface area (Å²) in [5.74, 6) is -0.490. The summed E-state index contributed by atoms with van der Waals surface area (Å²) in [5, 5.41) is 81.4. The van der Waals surface area contributed by atoms with Crippen LogP contribution in [0, 0.1) is 28.6 Å². The van der Waals surface area contributed by atoms with Gasteiger partial charge in [-0.15, -0.1) is 0 Å². The number of aromatic nitrogens is 2. The number of nitrogens with zero attached hydrogens (tertiary/aromatic N) is 1. The van der Waals surface area contributed by atoms with E-state index >= 15 is 0 Å². The van der Waals surface area contributed by atoms with E-state index in [-0.39, 0.29) is 69.6 Å². The standard InChI is InChI=1S/C54H57N3O7/c58-25-20-34-27-35-28-37-5-3-22-53(37)24-23-52-21-2-4-36(52)15-19-43(61)50(52)54(53,45-29-55-30-56-45)51(35)57-47(34)33-13-8-31(9-14-33)10-17-40-38(16-11-32-12-18-41(59)44(62)26-32)39-6-1-7-42(60)46(39)49(64)48(40)63/h1,6-9,11-16,18-19,26-30,36-37,43,47,50-51,57-64H,2-5,10,17,20-25H2,(H,55,56)/b16-11+/t36-,37+,43-,47+,50+,51+,52+,53+,54-/m1/s1. The average Bonchev–Trinajstić information content (AvgIpc) is 4.08. The van der Waals surface area contributed by atoms with E-state index in [0.717, 1.165) is 60.9 Å². The van der Waals surface area contributed by atoms with Crippen LogP contribution in [0.15, 0.2) is 109 Å². The molecule has 10 nitrogen and oxygen atoms in total. The first-order valence-corrected chi connectivity index (χ1v) is 23.2. The molecule has 11 rings (SSSR count). The lowest BCUT2D eigenvalue weighted by Crippen LogP contribution is -2.74. The molecule has 0 radical (unpaired) electrons. The van der Waals surface area contributed by atoms with Gasteiger partial charge >= 0.3 is 0 Å². The quantitative estimate of drug-likeness (QED) is 0.0397. The largest absolute Gasteiger partial charge is 0.507 e. The lowest BCUT2D eigenvalue weighted by Gasteiger charge is -2.70. The number of hydrogen-bond donors (Lipinski definition) is 9. The number of fused-ring (bicyclic) bond motifs is 4. The molecule has 3 fully saturated rings. The predicted molar refractivity (Wildman–Crippen MR) is 247 cm³/mol. The molecule has 9 N–H and O–H groups in total. The summed E-state index contributed by atoms with van der Waals surface area (Å²) >= 11 is 0. The van der Waals surface area contributed by atoms with Crippen molar-refractivity contribution in [2.24, 2.45) is 28.6 Å². The van der Waals surface area contributed by atoms with Crippen molar-refractivity contribution in [3.05, 3.63) is 142 Å². The lowest BCUT2D eigenvalue weighted by atomic mass is 9.34. The number of aliphatic hydroxyl groups is 2. The number of nitrogens with one attached hydrogen (secondary N) is 2. The Kier molecular flexibility index (Phi) is 9.87. The van der Waals surface area contributed by atoms with Gasteiger partial charge in [-0.3, -0.25) is 5.32 Å². The van der Waals surface area contributed by atoms with Gasteiger partial charge in [0.2, 0.25) is 0 Å². The van der Waals surface area contributed by atoms with Crippen LogP contribution in [0.1, 0.15) is 97.3 Å². The molecular formula is C54H57N3O7. The molecular weight excluding hydrogens is 803 g/mol. The van der Waals surface area contributed by atoms with Gasteiger partial charge in [0.05, 0.1) is 23.9 Å². The van der Waals surface area contributed by atoms with Crippen molar-refractivity contribution in [2.75, 3.05) is 6.61 Å². The van der Waals surface area contributed by atoms with Gasteiger partial charge in [-0.25, -0.2) is 4.98 Å². The molecule has 330 valence electrons. The monoisotopic (exact) mass is 859 g/mol. The fourth-order valence-electron chi connectivity index (χ4n) is 14.5. The highest BCUT2D eigenvalue weighted by molar-refractivity contribution is 6.03. The summed E-state index contributed by atoms with van der Waals surface area (Å²) in [7, 11) is 0. The SMILES string of the molecule is OCCC1=CC2=C[C@@H]3CCC[C@]34CC[C@@]35CCC[C@@H]3C=C[C@@H](O)[C@@H]5[C@]4(c3cnc[nH]3)[C@H]2N[C@H]1c1ccc(CCc2c(O)c(O)c3c(O)cccc3c2/C=C/c2ccc(O)c(O)c2)cc1. The first-order valence-electron chi connectivity index (χ1n) is 23.2. The van der Waals surface area contributed by atoms with Crippen molar-refractivity contribution in [3.8, 4) is 28.7 Å². The summed E-state index contributed by atoms with van der Waals surface area (Å²) in [4.78, 5) is 8.39. The number of imidazole rings is 1. The summed E-state index contributed by atoms with van der Waals surface area (Å²) < 4.78 is 0. The van der Waals surface area contributed by atoms with Crippen LogP contribution in [0.3, 0.4) is 0 Å². The Hall–Kier alpha value is -5.81. The average molecular weight is 860 g/mol. The third-order valence-corrected chi connectivity index (χ3v) is 17.0. The molecule has 3 saturated carbocycles. The van der Waals surface area contributed by atoms with Gasteiger partial charge in [-0.1, -0.05) is 91.8 Å². The third kappa shape index (κ3) is 5.91. The molecule has 5 aliphatic carbocycles. The maximum absolute atomic E-state index is 12.5. The fraction of sp³-hybridized carbons (Fsp3) is 0.389. The molecule has 0 unspecified atom stereocenters. The Bertz CT molecular complexity index is 2760. The van der Waals surface area contributed by atoms with Crippen molar-refractivity contribution in [1.29, 1.82) is 0 Å². The molecule has 1 aliphatic heterocycles. The van der Waals surface area contributed by atoms with Crippen molar-refractivity contribution in [2.45, 2.75) is 94.2 Å². The minimum Gasteiger partial charge on any atom is -0.507 e. The predicted octanol–water partition coefficient (Wildman–Crippen LogP) is 9.16.